The van der Waals surface area contributed by atoms with Crippen LogP contribution in [0.5, 0.6) is 0 Å². The molecule has 1 amide bonds. The predicted octanol–water partition coefficient (Wildman–Crippen LogP) is 2.42. The van der Waals surface area contributed by atoms with E-state index in [2.05, 4.69) is 20.2 Å². The second kappa shape index (κ2) is 7.03. The van der Waals surface area contributed by atoms with Gasteiger partial charge in [-0.25, -0.2) is 18.5 Å². The normalized spacial score (nSPS) is 18.1. The fourth-order valence-electron chi connectivity index (χ4n) is 4.91. The molecule has 2 aromatic heterocycles. The number of aryl methyl sites for hydroxylation is 1. The van der Waals surface area contributed by atoms with Gasteiger partial charge in [-0.2, -0.15) is 4.98 Å². The van der Waals surface area contributed by atoms with Crippen LogP contribution in [0.3, 0.4) is 0 Å². The lowest BCUT2D eigenvalue weighted by Crippen LogP contribution is -2.54. The van der Waals surface area contributed by atoms with Crippen molar-refractivity contribution in [3.05, 3.63) is 41.7 Å². The van der Waals surface area contributed by atoms with E-state index < -0.39 is 15.6 Å². The summed E-state index contributed by atoms with van der Waals surface area (Å²) < 4.78 is 25.4. The largest absolute Gasteiger partial charge is 0.348 e. The Bertz CT molecular complexity index is 1310. The van der Waals surface area contributed by atoms with Crippen molar-refractivity contribution in [2.75, 3.05) is 5.32 Å². The summed E-state index contributed by atoms with van der Waals surface area (Å²) in [6, 6.07) is 6.83. The zero-order valence-corrected chi connectivity index (χ0v) is 18.0. The first-order valence-corrected chi connectivity index (χ1v) is 11.9. The Morgan fingerprint density at radius 2 is 1.97 bits per heavy atom. The van der Waals surface area contributed by atoms with E-state index in [1.165, 1.54) is 6.07 Å². The first kappa shape index (κ1) is 20.0. The molecule has 31 heavy (non-hydrogen) atoms. The van der Waals surface area contributed by atoms with E-state index in [0.717, 1.165) is 48.8 Å². The molecule has 0 unspecified atom stereocenters. The fraction of sp³-hybridized carbons (Fsp3) is 0.381. The highest BCUT2D eigenvalue weighted by atomic mass is 32.2. The molecule has 0 bridgehead atoms. The van der Waals surface area contributed by atoms with Gasteiger partial charge in [0.25, 0.3) is 0 Å². The van der Waals surface area contributed by atoms with Crippen molar-refractivity contribution in [2.45, 2.75) is 56.0 Å². The SMILES string of the molecule is Cc1cc(Nc2ncc3cc4n(c3n2)C2(CCCCC2)C(=O)NC4)ccc1S(N)(=O)=O. The van der Waals surface area contributed by atoms with E-state index in [1.54, 1.807) is 25.3 Å². The number of rotatable bonds is 3. The number of carbonyl (C=O) groups excluding carboxylic acids is 1. The zero-order chi connectivity index (χ0) is 21.8. The van der Waals surface area contributed by atoms with Gasteiger partial charge in [0, 0.05) is 23.0 Å². The molecule has 1 aliphatic carbocycles. The van der Waals surface area contributed by atoms with E-state index >= 15 is 0 Å². The number of benzene rings is 1. The number of hydrogen-bond acceptors (Lipinski definition) is 6. The molecule has 5 rings (SSSR count). The summed E-state index contributed by atoms with van der Waals surface area (Å²) in [5.41, 5.74) is 2.37. The zero-order valence-electron chi connectivity index (χ0n) is 17.2. The van der Waals surface area contributed by atoms with Crippen LogP contribution in [0.25, 0.3) is 11.0 Å². The van der Waals surface area contributed by atoms with Crippen molar-refractivity contribution >= 4 is 38.6 Å². The van der Waals surface area contributed by atoms with Crippen molar-refractivity contribution < 1.29 is 13.2 Å². The number of carbonyl (C=O) groups is 1. The van der Waals surface area contributed by atoms with Gasteiger partial charge in [0.1, 0.15) is 11.2 Å². The van der Waals surface area contributed by atoms with Gasteiger partial charge in [-0.1, -0.05) is 19.3 Å². The minimum atomic E-state index is -3.78. The Kier molecular flexibility index (Phi) is 4.52. The summed E-state index contributed by atoms with van der Waals surface area (Å²) in [4.78, 5) is 22.2. The van der Waals surface area contributed by atoms with Crippen molar-refractivity contribution in [1.82, 2.24) is 19.9 Å². The quantitative estimate of drug-likeness (QED) is 0.573. The number of hydrogen-bond donors (Lipinski definition) is 3. The number of amides is 1. The molecule has 0 atom stereocenters. The van der Waals surface area contributed by atoms with Crippen LogP contribution in [0.1, 0.15) is 43.4 Å². The van der Waals surface area contributed by atoms with E-state index in [-0.39, 0.29) is 10.8 Å². The maximum atomic E-state index is 13.0. The number of nitrogens with two attached hydrogens (primary N) is 1. The molecule has 2 aliphatic rings. The Morgan fingerprint density at radius 1 is 1.19 bits per heavy atom. The summed E-state index contributed by atoms with van der Waals surface area (Å²) in [7, 11) is -3.78. The molecular formula is C21H24N6O3S. The van der Waals surface area contributed by atoms with Crippen LogP contribution in [0.15, 0.2) is 35.4 Å². The lowest BCUT2D eigenvalue weighted by Gasteiger charge is -2.41. The Morgan fingerprint density at radius 3 is 2.68 bits per heavy atom. The number of sulfonamides is 1. The van der Waals surface area contributed by atoms with E-state index in [1.807, 2.05) is 6.07 Å². The van der Waals surface area contributed by atoms with E-state index in [0.29, 0.717) is 23.7 Å². The highest BCUT2D eigenvalue weighted by Crippen LogP contribution is 2.41. The summed E-state index contributed by atoms with van der Waals surface area (Å²) in [5, 5.41) is 12.3. The second-order valence-corrected chi connectivity index (χ2v) is 9.90. The highest BCUT2D eigenvalue weighted by molar-refractivity contribution is 7.89. The van der Waals surface area contributed by atoms with Crippen LogP contribution in [-0.2, 0) is 26.9 Å². The molecule has 162 valence electrons. The molecular weight excluding hydrogens is 416 g/mol. The van der Waals surface area contributed by atoms with Gasteiger partial charge in [-0.3, -0.25) is 4.79 Å². The highest BCUT2D eigenvalue weighted by Gasteiger charge is 2.45. The van der Waals surface area contributed by atoms with Gasteiger partial charge in [0.15, 0.2) is 0 Å². The van der Waals surface area contributed by atoms with Crippen LogP contribution >= 0.6 is 0 Å². The number of fused-ring (bicyclic) bond motifs is 4. The van der Waals surface area contributed by atoms with Crippen molar-refractivity contribution in [1.29, 1.82) is 0 Å². The van der Waals surface area contributed by atoms with Crippen molar-refractivity contribution in [3.8, 4) is 0 Å². The number of nitrogens with zero attached hydrogens (tertiary/aromatic N) is 3. The Hall–Kier alpha value is -2.98. The molecule has 1 saturated carbocycles. The van der Waals surface area contributed by atoms with Gasteiger partial charge in [0.2, 0.25) is 21.9 Å². The minimum absolute atomic E-state index is 0.0690. The Balaban J connectivity index is 1.56. The van der Waals surface area contributed by atoms with Crippen LogP contribution in [0.2, 0.25) is 0 Å². The molecule has 0 radical (unpaired) electrons. The average molecular weight is 441 g/mol. The van der Waals surface area contributed by atoms with Crippen LogP contribution in [0.4, 0.5) is 11.6 Å². The average Bonchev–Trinajstić information content (AvgIpc) is 3.10. The molecule has 1 aliphatic heterocycles. The number of nitrogens with one attached hydrogen (secondary N) is 2. The van der Waals surface area contributed by atoms with Crippen LogP contribution < -0.4 is 15.8 Å². The van der Waals surface area contributed by atoms with Crippen LogP contribution in [0, 0.1) is 6.92 Å². The molecule has 10 heteroatoms. The first-order valence-electron chi connectivity index (χ1n) is 10.3. The van der Waals surface area contributed by atoms with Gasteiger partial charge in [0.05, 0.1) is 11.4 Å². The van der Waals surface area contributed by atoms with Crippen molar-refractivity contribution in [3.63, 3.8) is 0 Å². The molecule has 1 fully saturated rings. The molecule has 9 nitrogen and oxygen atoms in total. The molecule has 0 saturated heterocycles. The molecule has 1 aromatic carbocycles. The van der Waals surface area contributed by atoms with Gasteiger partial charge < -0.3 is 15.2 Å². The number of primary sulfonamides is 1. The third-order valence-corrected chi connectivity index (χ3v) is 7.39. The number of anilines is 2. The summed E-state index contributed by atoms with van der Waals surface area (Å²) in [6.07, 6.45) is 6.52. The summed E-state index contributed by atoms with van der Waals surface area (Å²) >= 11 is 0. The molecule has 4 N–H and O–H groups in total. The molecule has 3 aromatic rings. The predicted molar refractivity (Wildman–Crippen MR) is 116 cm³/mol. The monoisotopic (exact) mass is 440 g/mol. The maximum absolute atomic E-state index is 13.0. The third-order valence-electron chi connectivity index (χ3n) is 6.32. The summed E-state index contributed by atoms with van der Waals surface area (Å²) in [6.45, 7) is 2.16. The first-order chi connectivity index (χ1) is 14.8. The molecule has 1 spiro atoms. The molecule has 3 heterocycles. The minimum Gasteiger partial charge on any atom is -0.348 e. The summed E-state index contributed by atoms with van der Waals surface area (Å²) in [5.74, 6) is 0.452. The van der Waals surface area contributed by atoms with E-state index in [4.69, 9.17) is 10.1 Å². The van der Waals surface area contributed by atoms with Gasteiger partial charge >= 0.3 is 0 Å². The fourth-order valence-corrected chi connectivity index (χ4v) is 5.68. The Labute approximate surface area is 180 Å². The smallest absolute Gasteiger partial charge is 0.246 e. The third kappa shape index (κ3) is 3.26. The van der Waals surface area contributed by atoms with Gasteiger partial charge in [-0.05, 0) is 49.6 Å². The topological polar surface area (TPSA) is 132 Å². The van der Waals surface area contributed by atoms with Crippen LogP contribution in [-0.4, -0.2) is 28.9 Å². The standard InChI is InChI=1S/C21H24N6O3S/c1-13-9-15(5-6-17(13)31(22,29)30)25-20-24-11-14-10-16-12-23-19(28)21(7-3-2-4-8-21)27(16)18(14)26-20/h5-6,9-11H,2-4,7-8,12H2,1H3,(H,23,28)(H2,22,29,30)(H,24,25,26). The number of aromatic nitrogens is 3. The van der Waals surface area contributed by atoms with Crippen molar-refractivity contribution in [2.24, 2.45) is 5.14 Å². The van der Waals surface area contributed by atoms with E-state index in [9.17, 15) is 13.2 Å². The lowest BCUT2D eigenvalue weighted by atomic mass is 9.79. The lowest BCUT2D eigenvalue weighted by molar-refractivity contribution is -0.133. The van der Waals surface area contributed by atoms with Gasteiger partial charge in [-0.15, -0.1) is 0 Å². The maximum Gasteiger partial charge on any atom is 0.246 e. The second-order valence-electron chi connectivity index (χ2n) is 8.37.